The van der Waals surface area contributed by atoms with Gasteiger partial charge in [-0.25, -0.2) is 0 Å². The van der Waals surface area contributed by atoms with Gasteiger partial charge in [-0.05, 0) is 19.4 Å². The molecule has 1 aliphatic heterocycles. The van der Waals surface area contributed by atoms with Gasteiger partial charge < -0.3 is 14.8 Å². The number of hydrogen-bond acceptors (Lipinski definition) is 4. The zero-order valence-corrected chi connectivity index (χ0v) is 8.04. The van der Waals surface area contributed by atoms with Crippen molar-refractivity contribution in [1.29, 1.82) is 0 Å². The van der Waals surface area contributed by atoms with Crippen molar-refractivity contribution >= 4 is 5.97 Å². The number of nitrogens with one attached hydrogen (secondary N) is 1. The van der Waals surface area contributed by atoms with Gasteiger partial charge in [0.05, 0.1) is 6.61 Å². The quantitative estimate of drug-likeness (QED) is 0.508. The van der Waals surface area contributed by atoms with E-state index in [1.54, 1.807) is 7.11 Å². The minimum Gasteiger partial charge on any atom is -0.462 e. The molecule has 0 unspecified atom stereocenters. The van der Waals surface area contributed by atoms with Gasteiger partial charge >= 0.3 is 5.97 Å². The molecule has 4 heteroatoms. The monoisotopic (exact) mass is 187 g/mol. The van der Waals surface area contributed by atoms with Crippen molar-refractivity contribution in [2.24, 2.45) is 0 Å². The molecule has 0 aromatic heterocycles. The van der Waals surface area contributed by atoms with Gasteiger partial charge in [-0.1, -0.05) is 6.42 Å². The van der Waals surface area contributed by atoms with E-state index >= 15 is 0 Å². The summed E-state index contributed by atoms with van der Waals surface area (Å²) in [5, 5.41) is 3.13. The van der Waals surface area contributed by atoms with E-state index in [-0.39, 0.29) is 12.0 Å². The summed E-state index contributed by atoms with van der Waals surface area (Å²) in [5.41, 5.74) is 0. The molecule has 1 fully saturated rings. The fourth-order valence-corrected chi connectivity index (χ4v) is 1.38. The minimum atomic E-state index is -0.142. The minimum absolute atomic E-state index is 0.0920. The topological polar surface area (TPSA) is 47.6 Å². The fraction of sp³-hybridized carbons (Fsp3) is 0.889. The van der Waals surface area contributed by atoms with Crippen molar-refractivity contribution < 1.29 is 14.3 Å². The lowest BCUT2D eigenvalue weighted by molar-refractivity contribution is -0.148. The van der Waals surface area contributed by atoms with Gasteiger partial charge in [0.25, 0.3) is 0 Å². The van der Waals surface area contributed by atoms with E-state index in [4.69, 9.17) is 9.47 Å². The van der Waals surface area contributed by atoms with Gasteiger partial charge in [-0.3, -0.25) is 4.79 Å². The number of rotatable bonds is 4. The zero-order valence-electron chi connectivity index (χ0n) is 8.04. The molecule has 0 saturated carbocycles. The Morgan fingerprint density at radius 3 is 2.92 bits per heavy atom. The van der Waals surface area contributed by atoms with E-state index in [1.807, 2.05) is 0 Å². The van der Waals surface area contributed by atoms with Gasteiger partial charge in [0.2, 0.25) is 0 Å². The summed E-state index contributed by atoms with van der Waals surface area (Å²) < 4.78 is 9.78. The maximum atomic E-state index is 11.3. The number of esters is 1. The fourth-order valence-electron chi connectivity index (χ4n) is 1.38. The largest absolute Gasteiger partial charge is 0.462 e. The molecule has 1 rings (SSSR count). The molecular weight excluding hydrogens is 170 g/mol. The Morgan fingerprint density at radius 2 is 2.31 bits per heavy atom. The predicted molar refractivity (Wildman–Crippen MR) is 48.5 cm³/mol. The van der Waals surface area contributed by atoms with Crippen molar-refractivity contribution in [1.82, 2.24) is 5.32 Å². The van der Waals surface area contributed by atoms with E-state index in [0.717, 1.165) is 25.8 Å². The highest BCUT2D eigenvalue weighted by Gasteiger charge is 2.21. The molecule has 0 spiro atoms. The summed E-state index contributed by atoms with van der Waals surface area (Å²) in [7, 11) is 1.59. The highest BCUT2D eigenvalue weighted by Crippen LogP contribution is 2.07. The molecule has 0 amide bonds. The van der Waals surface area contributed by atoms with Gasteiger partial charge in [0, 0.05) is 7.11 Å². The van der Waals surface area contributed by atoms with Crippen LogP contribution in [0.5, 0.6) is 0 Å². The third-order valence-electron chi connectivity index (χ3n) is 2.13. The Balaban J connectivity index is 2.13. The summed E-state index contributed by atoms with van der Waals surface area (Å²) in [6.45, 7) is 1.75. The van der Waals surface area contributed by atoms with Gasteiger partial charge in [-0.2, -0.15) is 0 Å². The number of ether oxygens (including phenoxy) is 2. The number of carbonyl (C=O) groups is 1. The third-order valence-corrected chi connectivity index (χ3v) is 2.13. The molecule has 1 saturated heterocycles. The van der Waals surface area contributed by atoms with Crippen molar-refractivity contribution in [2.45, 2.75) is 25.3 Å². The number of hydrogen-bond donors (Lipinski definition) is 1. The van der Waals surface area contributed by atoms with Crippen LogP contribution in [0.2, 0.25) is 0 Å². The van der Waals surface area contributed by atoms with E-state index in [9.17, 15) is 4.79 Å². The Labute approximate surface area is 78.6 Å². The van der Waals surface area contributed by atoms with Crippen LogP contribution in [0.25, 0.3) is 0 Å². The summed E-state index contributed by atoms with van der Waals surface area (Å²) >= 11 is 0. The average Bonchev–Trinajstić information content (AvgIpc) is 2.19. The number of piperidine rings is 1. The molecule has 1 N–H and O–H groups in total. The lowest BCUT2D eigenvalue weighted by Gasteiger charge is -2.21. The van der Waals surface area contributed by atoms with E-state index in [2.05, 4.69) is 5.32 Å². The Bertz CT molecular complexity index is 155. The second kappa shape index (κ2) is 5.94. The van der Waals surface area contributed by atoms with E-state index in [0.29, 0.717) is 13.2 Å². The Kier molecular flexibility index (Phi) is 4.78. The first-order chi connectivity index (χ1) is 6.34. The maximum Gasteiger partial charge on any atom is 0.323 e. The van der Waals surface area contributed by atoms with Crippen LogP contribution >= 0.6 is 0 Å². The highest BCUT2D eigenvalue weighted by molar-refractivity contribution is 5.75. The van der Waals surface area contributed by atoms with Crippen LogP contribution in [0.3, 0.4) is 0 Å². The van der Waals surface area contributed by atoms with Crippen LogP contribution in [-0.2, 0) is 14.3 Å². The highest BCUT2D eigenvalue weighted by atomic mass is 16.6. The van der Waals surface area contributed by atoms with Crippen LogP contribution in [0, 0.1) is 0 Å². The van der Waals surface area contributed by atoms with Crippen LogP contribution < -0.4 is 5.32 Å². The molecule has 76 valence electrons. The van der Waals surface area contributed by atoms with Crippen molar-refractivity contribution in [3.8, 4) is 0 Å². The predicted octanol–water partition coefficient (Wildman–Crippen LogP) is 0.318. The normalized spacial score (nSPS) is 22.7. The second-order valence-corrected chi connectivity index (χ2v) is 3.16. The lowest BCUT2D eigenvalue weighted by Crippen LogP contribution is -2.41. The molecule has 4 nitrogen and oxygen atoms in total. The molecule has 0 aliphatic carbocycles. The lowest BCUT2D eigenvalue weighted by atomic mass is 10.1. The van der Waals surface area contributed by atoms with Crippen molar-refractivity contribution in [2.75, 3.05) is 26.9 Å². The molecule has 1 heterocycles. The van der Waals surface area contributed by atoms with Crippen LogP contribution in [0.15, 0.2) is 0 Å². The summed E-state index contributed by atoms with van der Waals surface area (Å²) in [4.78, 5) is 11.3. The maximum absolute atomic E-state index is 11.3. The molecule has 0 aromatic carbocycles. The summed E-state index contributed by atoms with van der Waals surface area (Å²) in [5.74, 6) is -0.142. The molecular formula is C9H17NO3. The van der Waals surface area contributed by atoms with Crippen molar-refractivity contribution in [3.05, 3.63) is 0 Å². The standard InChI is InChI=1S/C9H17NO3/c1-12-6-7-13-9(11)8-4-2-3-5-10-8/h8,10H,2-7H2,1H3/t8-/m0/s1. The molecule has 0 aromatic rings. The SMILES string of the molecule is COCCOC(=O)[C@@H]1CCCCN1. The first kappa shape index (κ1) is 10.5. The van der Waals surface area contributed by atoms with Gasteiger partial charge in [-0.15, -0.1) is 0 Å². The Morgan fingerprint density at radius 1 is 1.46 bits per heavy atom. The van der Waals surface area contributed by atoms with Gasteiger partial charge in [0.1, 0.15) is 12.6 Å². The Hall–Kier alpha value is -0.610. The van der Waals surface area contributed by atoms with Crippen molar-refractivity contribution in [3.63, 3.8) is 0 Å². The second-order valence-electron chi connectivity index (χ2n) is 3.16. The summed E-state index contributed by atoms with van der Waals surface area (Å²) in [6, 6.07) is -0.0920. The molecule has 1 atom stereocenters. The van der Waals surface area contributed by atoms with E-state index < -0.39 is 0 Å². The molecule has 13 heavy (non-hydrogen) atoms. The molecule has 0 radical (unpaired) electrons. The van der Waals surface area contributed by atoms with Crippen LogP contribution in [-0.4, -0.2) is 38.9 Å². The smallest absolute Gasteiger partial charge is 0.323 e. The first-order valence-electron chi connectivity index (χ1n) is 4.73. The summed E-state index contributed by atoms with van der Waals surface area (Å²) in [6.07, 6.45) is 3.16. The first-order valence-corrected chi connectivity index (χ1v) is 4.73. The van der Waals surface area contributed by atoms with Crippen LogP contribution in [0.1, 0.15) is 19.3 Å². The number of methoxy groups -OCH3 is 1. The van der Waals surface area contributed by atoms with Crippen LogP contribution in [0.4, 0.5) is 0 Å². The molecule has 1 aliphatic rings. The van der Waals surface area contributed by atoms with E-state index in [1.165, 1.54) is 0 Å². The van der Waals surface area contributed by atoms with Gasteiger partial charge in [0.15, 0.2) is 0 Å². The third kappa shape index (κ3) is 3.74. The zero-order chi connectivity index (χ0) is 9.52. The average molecular weight is 187 g/mol. The number of carbonyl (C=O) groups excluding carboxylic acids is 1. The molecule has 0 bridgehead atoms.